The Balaban J connectivity index is 1.79. The van der Waals surface area contributed by atoms with Crippen LogP contribution in [0.2, 0.25) is 0 Å². The van der Waals surface area contributed by atoms with Gasteiger partial charge in [0.05, 0.1) is 17.6 Å². The van der Waals surface area contributed by atoms with E-state index in [1.807, 2.05) is 36.4 Å². The van der Waals surface area contributed by atoms with E-state index in [1.54, 1.807) is 4.68 Å². The predicted molar refractivity (Wildman–Crippen MR) is 101 cm³/mol. The van der Waals surface area contributed by atoms with Gasteiger partial charge in [-0.05, 0) is 37.1 Å². The Kier molecular flexibility index (Phi) is 5.48. The number of pyridine rings is 1. The molecule has 0 bridgehead atoms. The molecule has 1 aromatic carbocycles. The van der Waals surface area contributed by atoms with Gasteiger partial charge in [0, 0.05) is 6.07 Å². The number of benzene rings is 1. The van der Waals surface area contributed by atoms with Crippen molar-refractivity contribution in [1.82, 2.24) is 14.8 Å². The zero-order chi connectivity index (χ0) is 18.4. The first-order valence-corrected chi connectivity index (χ1v) is 8.53. The minimum atomic E-state index is -0.428. The minimum Gasteiger partial charge on any atom is -0.506 e. The van der Waals surface area contributed by atoms with E-state index in [2.05, 4.69) is 27.6 Å². The molecule has 0 unspecified atom stereocenters. The first-order valence-electron chi connectivity index (χ1n) is 8.53. The van der Waals surface area contributed by atoms with Gasteiger partial charge in [-0.15, -0.1) is 0 Å². The maximum atomic E-state index is 12.3. The smallest absolute Gasteiger partial charge is 0.326 e. The van der Waals surface area contributed by atoms with Crippen molar-refractivity contribution in [3.05, 3.63) is 60.4 Å². The van der Waals surface area contributed by atoms with E-state index < -0.39 is 6.03 Å². The lowest BCUT2D eigenvalue weighted by Gasteiger charge is -2.09. The highest BCUT2D eigenvalue weighted by Gasteiger charge is 2.13. The number of nitrogens with one attached hydrogen (secondary N) is 2. The highest BCUT2D eigenvalue weighted by atomic mass is 16.3. The van der Waals surface area contributed by atoms with Crippen LogP contribution in [0.15, 0.2) is 54.7 Å². The largest absolute Gasteiger partial charge is 0.506 e. The van der Waals surface area contributed by atoms with Crippen LogP contribution in [0.25, 0.3) is 5.69 Å². The van der Waals surface area contributed by atoms with Gasteiger partial charge in [0.2, 0.25) is 0 Å². The average molecular weight is 351 g/mol. The molecule has 7 heteroatoms. The van der Waals surface area contributed by atoms with Gasteiger partial charge in [-0.2, -0.15) is 5.10 Å². The summed E-state index contributed by atoms with van der Waals surface area (Å²) in [5.74, 6) is 0.967. The molecule has 0 radical (unpaired) electrons. The lowest BCUT2D eigenvalue weighted by Crippen LogP contribution is -2.21. The minimum absolute atomic E-state index is 0.0404. The molecule has 0 aliphatic rings. The number of nitrogens with zero attached hydrogens (tertiary/aromatic N) is 3. The third-order valence-corrected chi connectivity index (χ3v) is 3.78. The lowest BCUT2D eigenvalue weighted by molar-refractivity contribution is 0.262. The monoisotopic (exact) mass is 351 g/mol. The lowest BCUT2D eigenvalue weighted by atomic mass is 10.2. The van der Waals surface area contributed by atoms with E-state index in [0.717, 1.165) is 30.6 Å². The van der Waals surface area contributed by atoms with Crippen molar-refractivity contribution in [1.29, 1.82) is 0 Å². The highest BCUT2D eigenvalue weighted by Crippen LogP contribution is 2.19. The summed E-state index contributed by atoms with van der Waals surface area (Å²) in [7, 11) is 0. The van der Waals surface area contributed by atoms with Crippen LogP contribution in [0.4, 0.5) is 16.4 Å². The average Bonchev–Trinajstić information content (AvgIpc) is 3.05. The van der Waals surface area contributed by atoms with Crippen LogP contribution in [0.3, 0.4) is 0 Å². The molecule has 0 aliphatic heterocycles. The summed E-state index contributed by atoms with van der Waals surface area (Å²) >= 11 is 0. The van der Waals surface area contributed by atoms with Gasteiger partial charge in [-0.3, -0.25) is 10.6 Å². The number of carbonyl (C=O) groups is 1. The fourth-order valence-electron chi connectivity index (χ4n) is 2.49. The summed E-state index contributed by atoms with van der Waals surface area (Å²) in [6.45, 7) is 2.13. The van der Waals surface area contributed by atoms with Crippen LogP contribution in [-0.2, 0) is 6.42 Å². The molecule has 26 heavy (non-hydrogen) atoms. The van der Waals surface area contributed by atoms with Gasteiger partial charge in [-0.25, -0.2) is 14.5 Å². The van der Waals surface area contributed by atoms with Crippen LogP contribution in [0, 0.1) is 0 Å². The first-order chi connectivity index (χ1) is 12.7. The first kappa shape index (κ1) is 17.5. The highest BCUT2D eigenvalue weighted by molar-refractivity contribution is 5.98. The number of aromatic nitrogens is 3. The van der Waals surface area contributed by atoms with Crippen LogP contribution >= 0.6 is 0 Å². The molecule has 134 valence electrons. The second kappa shape index (κ2) is 8.15. The molecule has 0 spiro atoms. The van der Waals surface area contributed by atoms with Crippen LogP contribution in [-0.4, -0.2) is 25.9 Å². The topological polar surface area (TPSA) is 92.1 Å². The van der Waals surface area contributed by atoms with Crippen LogP contribution < -0.4 is 10.6 Å². The molecule has 7 nitrogen and oxygen atoms in total. The molecule has 3 rings (SSSR count). The SMILES string of the molecule is CCCCc1cc(NC(=O)Nc2ccc(O)cn2)n(-c2ccccc2)n1. The quantitative estimate of drug-likeness (QED) is 0.627. The Morgan fingerprint density at radius 1 is 1.15 bits per heavy atom. The van der Waals surface area contributed by atoms with E-state index in [1.165, 1.54) is 18.3 Å². The van der Waals surface area contributed by atoms with Crippen molar-refractivity contribution < 1.29 is 9.90 Å². The molecule has 0 fully saturated rings. The molecule has 0 aliphatic carbocycles. The summed E-state index contributed by atoms with van der Waals surface area (Å²) in [6.07, 6.45) is 4.24. The van der Waals surface area contributed by atoms with Crippen LogP contribution in [0.1, 0.15) is 25.5 Å². The summed E-state index contributed by atoms with van der Waals surface area (Å²) < 4.78 is 1.72. The van der Waals surface area contributed by atoms with E-state index in [4.69, 9.17) is 0 Å². The van der Waals surface area contributed by atoms with Gasteiger partial charge in [-0.1, -0.05) is 31.5 Å². The Bertz CT molecular complexity index is 859. The van der Waals surface area contributed by atoms with Crippen molar-refractivity contribution in [2.75, 3.05) is 10.6 Å². The van der Waals surface area contributed by atoms with Crippen molar-refractivity contribution in [2.24, 2.45) is 0 Å². The van der Waals surface area contributed by atoms with E-state index in [-0.39, 0.29) is 5.75 Å². The second-order valence-corrected chi connectivity index (χ2v) is 5.85. The number of para-hydroxylation sites is 1. The zero-order valence-corrected chi connectivity index (χ0v) is 14.5. The summed E-state index contributed by atoms with van der Waals surface area (Å²) in [5.41, 5.74) is 1.79. The third kappa shape index (κ3) is 4.38. The molecule has 0 saturated carbocycles. The number of urea groups is 1. The number of amides is 2. The molecule has 2 aromatic heterocycles. The van der Waals surface area contributed by atoms with Crippen molar-refractivity contribution in [3.8, 4) is 11.4 Å². The number of aromatic hydroxyl groups is 1. The molecular formula is C19H21N5O2. The summed E-state index contributed by atoms with van der Waals surface area (Å²) in [4.78, 5) is 16.2. The van der Waals surface area contributed by atoms with Gasteiger partial charge in [0.1, 0.15) is 17.4 Å². The molecule has 2 amide bonds. The van der Waals surface area contributed by atoms with Gasteiger partial charge in [0.15, 0.2) is 0 Å². The number of carbonyl (C=O) groups excluding carboxylic acids is 1. The number of unbranched alkanes of at least 4 members (excludes halogenated alkanes) is 1. The fraction of sp³-hybridized carbons (Fsp3) is 0.211. The number of hydrogen-bond donors (Lipinski definition) is 3. The van der Waals surface area contributed by atoms with Crippen molar-refractivity contribution >= 4 is 17.7 Å². The Labute approximate surface area is 151 Å². The Hall–Kier alpha value is -3.35. The molecule has 2 heterocycles. The number of aryl methyl sites for hydroxylation is 1. The predicted octanol–water partition coefficient (Wildman–Crippen LogP) is 3.96. The standard InChI is InChI=1S/C19H21N5O2/c1-2-3-7-14-12-18(24(23-14)15-8-5-4-6-9-15)22-19(26)21-17-11-10-16(25)13-20-17/h4-6,8-13,25H,2-3,7H2,1H3,(H2,20,21,22,26). The summed E-state index contributed by atoms with van der Waals surface area (Å²) in [6, 6.07) is 14.1. The van der Waals surface area contributed by atoms with Gasteiger partial charge in [0.25, 0.3) is 0 Å². The number of hydrogen-bond acceptors (Lipinski definition) is 4. The van der Waals surface area contributed by atoms with Gasteiger partial charge >= 0.3 is 6.03 Å². The fourth-order valence-corrected chi connectivity index (χ4v) is 2.49. The molecule has 0 atom stereocenters. The van der Waals surface area contributed by atoms with Crippen molar-refractivity contribution in [2.45, 2.75) is 26.2 Å². The van der Waals surface area contributed by atoms with E-state index >= 15 is 0 Å². The Morgan fingerprint density at radius 3 is 2.65 bits per heavy atom. The van der Waals surface area contributed by atoms with E-state index in [0.29, 0.717) is 11.6 Å². The number of anilines is 2. The second-order valence-electron chi connectivity index (χ2n) is 5.85. The molecule has 3 aromatic rings. The van der Waals surface area contributed by atoms with E-state index in [9.17, 15) is 9.90 Å². The maximum absolute atomic E-state index is 12.3. The maximum Gasteiger partial charge on any atom is 0.326 e. The van der Waals surface area contributed by atoms with Crippen molar-refractivity contribution in [3.63, 3.8) is 0 Å². The Morgan fingerprint density at radius 2 is 1.96 bits per heavy atom. The molecule has 3 N–H and O–H groups in total. The summed E-state index contributed by atoms with van der Waals surface area (Å²) in [5, 5.41) is 19.3. The number of rotatable bonds is 6. The third-order valence-electron chi connectivity index (χ3n) is 3.78. The molecular weight excluding hydrogens is 330 g/mol. The van der Waals surface area contributed by atoms with Gasteiger partial charge < -0.3 is 5.11 Å². The molecule has 0 saturated heterocycles. The normalized spacial score (nSPS) is 10.5. The zero-order valence-electron chi connectivity index (χ0n) is 14.5. The van der Waals surface area contributed by atoms with Crippen LogP contribution in [0.5, 0.6) is 5.75 Å².